The van der Waals surface area contributed by atoms with Crippen molar-refractivity contribution in [3.05, 3.63) is 48.0 Å². The fraction of sp³-hybridized carbons (Fsp3) is 0.294. The first kappa shape index (κ1) is 15.0. The summed E-state index contributed by atoms with van der Waals surface area (Å²) < 4.78 is 1.59. The van der Waals surface area contributed by atoms with E-state index in [9.17, 15) is 4.79 Å². The van der Waals surface area contributed by atoms with Crippen molar-refractivity contribution in [2.45, 2.75) is 26.8 Å². The molecule has 2 aromatic rings. The lowest BCUT2D eigenvalue weighted by Crippen LogP contribution is -2.03. The normalized spacial score (nSPS) is 10.8. The molecule has 0 spiro atoms. The van der Waals surface area contributed by atoms with Crippen LogP contribution in [-0.2, 0) is 13.0 Å². The van der Waals surface area contributed by atoms with Crippen molar-refractivity contribution in [1.82, 2.24) is 9.78 Å². The van der Waals surface area contributed by atoms with Crippen molar-refractivity contribution in [2.24, 2.45) is 5.92 Å². The number of carbonyl (C=O) groups excluding carboxylic acids is 1. The molecule has 110 valence electrons. The van der Waals surface area contributed by atoms with E-state index in [0.717, 1.165) is 18.3 Å². The average Bonchev–Trinajstić information content (AvgIpc) is 2.76. The fourth-order valence-corrected chi connectivity index (χ4v) is 2.35. The van der Waals surface area contributed by atoms with Crippen molar-refractivity contribution >= 4 is 12.1 Å². The summed E-state index contributed by atoms with van der Waals surface area (Å²) in [5.41, 5.74) is 9.20. The van der Waals surface area contributed by atoms with Crippen LogP contribution >= 0.6 is 0 Å². The lowest BCUT2D eigenvalue weighted by Gasteiger charge is -2.05. The summed E-state index contributed by atoms with van der Waals surface area (Å²) in [5.74, 6) is 0.995. The van der Waals surface area contributed by atoms with Gasteiger partial charge in [0.15, 0.2) is 6.29 Å². The summed E-state index contributed by atoms with van der Waals surface area (Å²) in [6, 6.07) is 8.13. The van der Waals surface area contributed by atoms with Crippen LogP contribution in [0.5, 0.6) is 0 Å². The van der Waals surface area contributed by atoms with Crippen LogP contribution in [0.3, 0.4) is 0 Å². The average molecular weight is 283 g/mol. The van der Waals surface area contributed by atoms with E-state index < -0.39 is 0 Å². The first-order valence-electron chi connectivity index (χ1n) is 7.08. The number of aldehydes is 1. The number of anilines is 1. The minimum Gasteiger partial charge on any atom is -0.383 e. The molecular weight excluding hydrogens is 262 g/mol. The number of nitrogens with zero attached hydrogens (tertiary/aromatic N) is 2. The van der Waals surface area contributed by atoms with Crippen LogP contribution in [0.4, 0.5) is 5.82 Å². The van der Waals surface area contributed by atoms with Gasteiger partial charge in [-0.05, 0) is 17.9 Å². The fourth-order valence-electron chi connectivity index (χ4n) is 2.35. The molecule has 0 radical (unpaired) electrons. The second-order valence-electron chi connectivity index (χ2n) is 5.53. The van der Waals surface area contributed by atoms with Gasteiger partial charge in [-0.2, -0.15) is 5.10 Å². The molecule has 0 atom stereocenters. The molecule has 0 aliphatic carbocycles. The molecule has 0 amide bonds. The number of nitrogen functional groups attached to an aromatic ring is 1. The van der Waals surface area contributed by atoms with Gasteiger partial charge in [-0.25, -0.2) is 4.68 Å². The maximum Gasteiger partial charge on any atom is 0.156 e. The smallest absolute Gasteiger partial charge is 0.156 e. The highest BCUT2D eigenvalue weighted by atomic mass is 16.1. The highest BCUT2D eigenvalue weighted by molar-refractivity contribution is 5.91. The Kier molecular flexibility index (Phi) is 4.58. The predicted molar refractivity (Wildman–Crippen MR) is 86.2 cm³/mol. The molecule has 0 saturated heterocycles. The Morgan fingerprint density at radius 1 is 1.33 bits per heavy atom. The number of hydrogen-bond donors (Lipinski definition) is 1. The third-order valence-corrected chi connectivity index (χ3v) is 3.32. The van der Waals surface area contributed by atoms with Gasteiger partial charge in [0.25, 0.3) is 0 Å². The number of hydrogen-bond acceptors (Lipinski definition) is 3. The third kappa shape index (κ3) is 3.21. The van der Waals surface area contributed by atoms with Crippen molar-refractivity contribution in [2.75, 3.05) is 5.73 Å². The van der Waals surface area contributed by atoms with Gasteiger partial charge in [-0.1, -0.05) is 44.2 Å². The third-order valence-electron chi connectivity index (χ3n) is 3.32. The van der Waals surface area contributed by atoms with E-state index in [-0.39, 0.29) is 0 Å². The monoisotopic (exact) mass is 283 g/mol. The number of nitrogens with two attached hydrogens (primary N) is 1. The molecule has 1 aromatic carbocycles. The quantitative estimate of drug-likeness (QED) is 0.653. The first-order chi connectivity index (χ1) is 10.1. The van der Waals surface area contributed by atoms with E-state index in [1.54, 1.807) is 10.8 Å². The van der Waals surface area contributed by atoms with Crippen LogP contribution in [-0.4, -0.2) is 16.1 Å². The van der Waals surface area contributed by atoms with Crippen molar-refractivity contribution < 1.29 is 4.79 Å². The van der Waals surface area contributed by atoms with Crippen LogP contribution in [0.1, 0.15) is 29.8 Å². The largest absolute Gasteiger partial charge is 0.383 e. The Morgan fingerprint density at radius 3 is 2.52 bits per heavy atom. The lowest BCUT2D eigenvalue weighted by atomic mass is 10.00. The molecule has 4 heteroatoms. The Balaban J connectivity index is 2.39. The Morgan fingerprint density at radius 2 is 2.00 bits per heavy atom. The summed E-state index contributed by atoms with van der Waals surface area (Å²) in [5, 5.41) is 4.42. The highest BCUT2D eigenvalue weighted by Gasteiger charge is 2.16. The van der Waals surface area contributed by atoms with E-state index in [4.69, 9.17) is 5.73 Å². The number of allylic oxidation sites excluding steroid dienone is 1. The van der Waals surface area contributed by atoms with Gasteiger partial charge in [-0.3, -0.25) is 4.79 Å². The molecular formula is C17H21N3O. The van der Waals surface area contributed by atoms with Crippen molar-refractivity contribution in [1.29, 1.82) is 0 Å². The first-order valence-corrected chi connectivity index (χ1v) is 7.08. The van der Waals surface area contributed by atoms with Crippen LogP contribution in [0.25, 0.3) is 11.3 Å². The van der Waals surface area contributed by atoms with Gasteiger partial charge in [0.2, 0.25) is 0 Å². The van der Waals surface area contributed by atoms with E-state index in [0.29, 0.717) is 29.5 Å². The van der Waals surface area contributed by atoms with Crippen molar-refractivity contribution in [3.8, 4) is 11.3 Å². The molecule has 1 heterocycles. The van der Waals surface area contributed by atoms with E-state index in [1.807, 2.05) is 12.1 Å². The summed E-state index contributed by atoms with van der Waals surface area (Å²) in [6.45, 7) is 8.53. The van der Waals surface area contributed by atoms with Gasteiger partial charge in [0.1, 0.15) is 11.5 Å². The molecule has 0 saturated carbocycles. The summed E-state index contributed by atoms with van der Waals surface area (Å²) in [6.07, 6.45) is 3.50. The van der Waals surface area contributed by atoms with E-state index in [2.05, 4.69) is 37.7 Å². The van der Waals surface area contributed by atoms with Crippen molar-refractivity contribution in [3.63, 3.8) is 0 Å². The topological polar surface area (TPSA) is 60.9 Å². The van der Waals surface area contributed by atoms with E-state index in [1.165, 1.54) is 5.56 Å². The summed E-state index contributed by atoms with van der Waals surface area (Å²) in [7, 11) is 0. The number of aromatic nitrogens is 2. The van der Waals surface area contributed by atoms with Gasteiger partial charge in [0, 0.05) is 5.56 Å². The highest BCUT2D eigenvalue weighted by Crippen LogP contribution is 2.26. The van der Waals surface area contributed by atoms with Gasteiger partial charge < -0.3 is 5.73 Å². The maximum absolute atomic E-state index is 11.3. The molecule has 0 aliphatic rings. The van der Waals surface area contributed by atoms with Gasteiger partial charge >= 0.3 is 0 Å². The number of benzene rings is 1. The number of rotatable bonds is 6. The Labute approximate surface area is 125 Å². The maximum atomic E-state index is 11.3. The molecule has 0 fully saturated rings. The number of carbonyl (C=O) groups is 1. The molecule has 2 rings (SSSR count). The molecule has 21 heavy (non-hydrogen) atoms. The predicted octanol–water partition coefficient (Wildman–Crippen LogP) is 3.33. The van der Waals surface area contributed by atoms with Crippen LogP contribution < -0.4 is 5.73 Å². The molecule has 0 aliphatic heterocycles. The molecule has 0 unspecified atom stereocenters. The zero-order valence-corrected chi connectivity index (χ0v) is 12.5. The minimum absolute atomic E-state index is 0.381. The summed E-state index contributed by atoms with van der Waals surface area (Å²) >= 11 is 0. The zero-order valence-electron chi connectivity index (χ0n) is 12.5. The second kappa shape index (κ2) is 6.39. The van der Waals surface area contributed by atoms with E-state index >= 15 is 0 Å². The Bertz CT molecular complexity index is 639. The molecule has 0 bridgehead atoms. The minimum atomic E-state index is 0.381. The summed E-state index contributed by atoms with van der Waals surface area (Å²) in [4.78, 5) is 11.3. The Hall–Kier alpha value is -2.36. The standard InChI is InChI=1S/C17H21N3O/c1-4-9-20-17(18)15(11-21)16(19-20)14-7-5-13(6-8-14)10-12(2)3/h4-8,11-12H,1,9-10,18H2,2-3H3. The van der Waals surface area contributed by atoms with Gasteiger partial charge in [0.05, 0.1) is 12.1 Å². The zero-order chi connectivity index (χ0) is 15.4. The van der Waals surface area contributed by atoms with Crippen LogP contribution in [0.15, 0.2) is 36.9 Å². The second-order valence-corrected chi connectivity index (χ2v) is 5.53. The lowest BCUT2D eigenvalue weighted by molar-refractivity contribution is 0.112. The van der Waals surface area contributed by atoms with Gasteiger partial charge in [-0.15, -0.1) is 6.58 Å². The molecule has 1 aromatic heterocycles. The molecule has 4 nitrogen and oxygen atoms in total. The van der Waals surface area contributed by atoms with Crippen LogP contribution in [0.2, 0.25) is 0 Å². The van der Waals surface area contributed by atoms with Crippen LogP contribution in [0, 0.1) is 5.92 Å². The SMILES string of the molecule is C=CCn1nc(-c2ccc(CC(C)C)cc2)c(C=O)c1N. The molecule has 2 N–H and O–H groups in total.